The van der Waals surface area contributed by atoms with Gasteiger partial charge in [0.1, 0.15) is 5.69 Å². The number of rotatable bonds is 7. The smallest absolute Gasteiger partial charge is 0.306 e. The fourth-order valence-corrected chi connectivity index (χ4v) is 5.82. The first-order valence-corrected chi connectivity index (χ1v) is 12.2. The number of benzene rings is 1. The molecule has 1 N–H and O–H groups in total. The zero-order chi connectivity index (χ0) is 22.0. The van der Waals surface area contributed by atoms with E-state index in [0.717, 1.165) is 35.5 Å². The van der Waals surface area contributed by atoms with Crippen molar-refractivity contribution < 1.29 is 23.1 Å². The molecule has 2 aliphatic heterocycles. The van der Waals surface area contributed by atoms with Crippen LogP contribution in [0.3, 0.4) is 0 Å². The summed E-state index contributed by atoms with van der Waals surface area (Å²) in [6, 6.07) is 5.37. The molecule has 1 fully saturated rings. The van der Waals surface area contributed by atoms with Crippen molar-refractivity contribution in [2.24, 2.45) is 5.92 Å². The second-order valence-corrected chi connectivity index (χ2v) is 10.2. The Morgan fingerprint density at radius 3 is 2.77 bits per heavy atom. The molecular formula is C22H27N3O5S. The molecule has 8 nitrogen and oxygen atoms in total. The molecule has 9 heteroatoms. The van der Waals surface area contributed by atoms with Crippen molar-refractivity contribution in [1.29, 1.82) is 0 Å². The zero-order valence-corrected chi connectivity index (χ0v) is 18.4. The molecular weight excluding hydrogens is 418 g/mol. The van der Waals surface area contributed by atoms with Crippen LogP contribution in [0.4, 0.5) is 5.82 Å². The van der Waals surface area contributed by atoms with Gasteiger partial charge in [-0.1, -0.05) is 6.07 Å². The molecule has 4 rings (SSSR count). The number of piperidine rings is 1. The van der Waals surface area contributed by atoms with Crippen molar-refractivity contribution in [2.75, 3.05) is 37.5 Å². The fourth-order valence-electron chi connectivity index (χ4n) is 4.27. The van der Waals surface area contributed by atoms with Gasteiger partial charge in [-0.25, -0.2) is 13.4 Å². The molecule has 2 aromatic rings. The number of anilines is 1. The average Bonchev–Trinajstić information content (AvgIpc) is 3.08. The number of aliphatic carboxylic acids is 1. The number of methoxy groups -OCH3 is 1. The Balaban J connectivity index is 1.68. The van der Waals surface area contributed by atoms with Gasteiger partial charge in [0.25, 0.3) is 0 Å². The Morgan fingerprint density at radius 2 is 2.06 bits per heavy atom. The van der Waals surface area contributed by atoms with Gasteiger partial charge in [0.05, 0.1) is 22.3 Å². The SMILES string of the molecule is COCCCc1cnc(-c2ccc3c(c2)CCS3(=O)=O)c(N2CCC(C(=O)O)CC2)n1. The standard InChI is InChI=1S/C22H27N3O5S/c1-30-11-2-3-18-14-23-20(17-4-5-19-16(13-17)8-12-31(19,28)29)21(24-18)25-9-6-15(7-10-25)22(26)27/h4-5,13-15H,2-3,6-12H2,1H3,(H,26,27). The third-order valence-electron chi connectivity index (χ3n) is 6.04. The van der Waals surface area contributed by atoms with Crippen molar-refractivity contribution in [3.63, 3.8) is 0 Å². The van der Waals surface area contributed by atoms with Crippen LogP contribution in [-0.2, 0) is 32.2 Å². The van der Waals surface area contributed by atoms with Crippen molar-refractivity contribution in [3.8, 4) is 11.3 Å². The number of hydrogen-bond acceptors (Lipinski definition) is 7. The number of ether oxygens (including phenoxy) is 1. The lowest BCUT2D eigenvalue weighted by atomic mass is 9.96. The van der Waals surface area contributed by atoms with E-state index in [9.17, 15) is 18.3 Å². The van der Waals surface area contributed by atoms with Gasteiger partial charge in [-0.15, -0.1) is 0 Å². The van der Waals surface area contributed by atoms with E-state index in [1.807, 2.05) is 6.07 Å². The average molecular weight is 446 g/mol. The fraction of sp³-hybridized carbons (Fsp3) is 0.500. The molecule has 0 spiro atoms. The molecule has 1 saturated heterocycles. The molecule has 1 aromatic heterocycles. The summed E-state index contributed by atoms with van der Waals surface area (Å²) in [7, 11) is -1.52. The number of fused-ring (bicyclic) bond motifs is 1. The van der Waals surface area contributed by atoms with Gasteiger partial charge < -0.3 is 14.7 Å². The Labute approximate surface area is 182 Å². The number of carbonyl (C=O) groups is 1. The Bertz CT molecular complexity index is 1080. The lowest BCUT2D eigenvalue weighted by molar-refractivity contribution is -0.142. The number of sulfone groups is 1. The highest BCUT2D eigenvalue weighted by Gasteiger charge is 2.29. The highest BCUT2D eigenvalue weighted by Crippen LogP contribution is 2.34. The van der Waals surface area contributed by atoms with Crippen LogP contribution in [0.5, 0.6) is 0 Å². The summed E-state index contributed by atoms with van der Waals surface area (Å²) in [4.78, 5) is 23.4. The maximum absolute atomic E-state index is 12.2. The van der Waals surface area contributed by atoms with E-state index in [2.05, 4.69) is 4.90 Å². The first-order chi connectivity index (χ1) is 14.9. The molecule has 0 unspecified atom stereocenters. The summed E-state index contributed by atoms with van der Waals surface area (Å²) in [5.41, 5.74) is 3.22. The van der Waals surface area contributed by atoms with E-state index in [1.165, 1.54) is 0 Å². The molecule has 166 valence electrons. The molecule has 0 amide bonds. The van der Waals surface area contributed by atoms with Gasteiger partial charge >= 0.3 is 5.97 Å². The molecule has 0 radical (unpaired) electrons. The summed E-state index contributed by atoms with van der Waals surface area (Å²) < 4.78 is 29.5. The minimum absolute atomic E-state index is 0.144. The van der Waals surface area contributed by atoms with Gasteiger partial charge in [-0.2, -0.15) is 0 Å². The third kappa shape index (κ3) is 4.57. The van der Waals surface area contributed by atoms with Crippen LogP contribution in [0.1, 0.15) is 30.5 Å². The van der Waals surface area contributed by atoms with Gasteiger partial charge in [0.15, 0.2) is 15.7 Å². The minimum atomic E-state index is -3.18. The number of hydrogen-bond donors (Lipinski definition) is 1. The molecule has 3 heterocycles. The third-order valence-corrected chi connectivity index (χ3v) is 7.85. The van der Waals surface area contributed by atoms with E-state index in [1.54, 1.807) is 25.4 Å². The van der Waals surface area contributed by atoms with Crippen LogP contribution in [-0.4, -0.2) is 62.0 Å². The number of nitrogens with zero attached hydrogens (tertiary/aromatic N) is 3. The van der Waals surface area contributed by atoms with E-state index >= 15 is 0 Å². The van der Waals surface area contributed by atoms with Gasteiger partial charge in [0.2, 0.25) is 0 Å². The van der Waals surface area contributed by atoms with Crippen LogP contribution >= 0.6 is 0 Å². The second kappa shape index (κ2) is 8.92. The van der Waals surface area contributed by atoms with Crippen LogP contribution in [0, 0.1) is 5.92 Å². The van der Waals surface area contributed by atoms with Crippen molar-refractivity contribution >= 4 is 21.6 Å². The molecule has 2 aliphatic rings. The lowest BCUT2D eigenvalue weighted by Crippen LogP contribution is -2.37. The Morgan fingerprint density at radius 1 is 1.29 bits per heavy atom. The first-order valence-electron chi connectivity index (χ1n) is 10.6. The van der Waals surface area contributed by atoms with Gasteiger partial charge in [-0.3, -0.25) is 9.78 Å². The molecule has 31 heavy (non-hydrogen) atoms. The summed E-state index contributed by atoms with van der Waals surface area (Å²) >= 11 is 0. The zero-order valence-electron chi connectivity index (χ0n) is 17.6. The normalized spacial score (nSPS) is 18.2. The molecule has 0 saturated carbocycles. The van der Waals surface area contributed by atoms with E-state index in [-0.39, 0.29) is 11.7 Å². The van der Waals surface area contributed by atoms with E-state index < -0.39 is 15.8 Å². The van der Waals surface area contributed by atoms with Gasteiger partial charge in [0, 0.05) is 38.6 Å². The van der Waals surface area contributed by atoms with Crippen molar-refractivity contribution in [3.05, 3.63) is 35.7 Å². The predicted octanol–water partition coefficient (Wildman–Crippen LogP) is 2.35. The topological polar surface area (TPSA) is 110 Å². The maximum Gasteiger partial charge on any atom is 0.306 e. The minimum Gasteiger partial charge on any atom is -0.481 e. The maximum atomic E-state index is 12.2. The number of aryl methyl sites for hydroxylation is 2. The Kier molecular flexibility index (Phi) is 6.24. The molecule has 0 aliphatic carbocycles. The van der Waals surface area contributed by atoms with Crippen molar-refractivity contribution in [2.45, 2.75) is 37.0 Å². The van der Waals surface area contributed by atoms with Crippen LogP contribution in [0.25, 0.3) is 11.3 Å². The number of carboxylic acid groups (broad SMARTS) is 1. The summed E-state index contributed by atoms with van der Waals surface area (Å²) in [5.74, 6) is -0.202. The van der Waals surface area contributed by atoms with Crippen LogP contribution in [0.2, 0.25) is 0 Å². The number of carboxylic acids is 1. The molecule has 1 aromatic carbocycles. The first kappa shape index (κ1) is 21.7. The van der Waals surface area contributed by atoms with E-state index in [0.29, 0.717) is 49.5 Å². The predicted molar refractivity (Wildman–Crippen MR) is 116 cm³/mol. The lowest BCUT2D eigenvalue weighted by Gasteiger charge is -2.32. The number of aromatic nitrogens is 2. The second-order valence-electron chi connectivity index (χ2n) is 8.12. The van der Waals surface area contributed by atoms with Crippen molar-refractivity contribution in [1.82, 2.24) is 9.97 Å². The van der Waals surface area contributed by atoms with Crippen LogP contribution < -0.4 is 4.90 Å². The molecule has 0 atom stereocenters. The van der Waals surface area contributed by atoms with Crippen LogP contribution in [0.15, 0.2) is 29.3 Å². The summed E-state index contributed by atoms with van der Waals surface area (Å²) in [6.07, 6.45) is 4.97. The highest BCUT2D eigenvalue weighted by molar-refractivity contribution is 7.91. The van der Waals surface area contributed by atoms with Gasteiger partial charge in [-0.05, 0) is 49.8 Å². The Hall–Kier alpha value is -2.52. The highest BCUT2D eigenvalue weighted by atomic mass is 32.2. The molecule has 0 bridgehead atoms. The quantitative estimate of drug-likeness (QED) is 0.647. The van der Waals surface area contributed by atoms with E-state index in [4.69, 9.17) is 14.7 Å². The summed E-state index contributed by atoms with van der Waals surface area (Å²) in [5, 5.41) is 9.32. The monoisotopic (exact) mass is 445 g/mol. The largest absolute Gasteiger partial charge is 0.481 e. The summed E-state index contributed by atoms with van der Waals surface area (Å²) in [6.45, 7) is 1.83.